The smallest absolute Gasteiger partial charge is 0.249 e. The quantitative estimate of drug-likeness (QED) is 0.864. The minimum Gasteiger partial charge on any atom is -0.454 e. The SMILES string of the molecule is O=C1C=CC(O)N1C1(c2ccc3c(c2)OCO3)CC1. The van der Waals surface area contributed by atoms with E-state index in [4.69, 9.17) is 9.47 Å². The number of nitrogens with zero attached hydrogens (tertiary/aromatic N) is 1. The van der Waals surface area contributed by atoms with Crippen LogP contribution in [-0.2, 0) is 10.3 Å². The molecule has 0 bridgehead atoms. The second-order valence-electron chi connectivity index (χ2n) is 5.08. The molecule has 0 radical (unpaired) electrons. The average Bonchev–Trinajstić information content (AvgIpc) is 2.93. The Morgan fingerprint density at radius 3 is 2.74 bits per heavy atom. The van der Waals surface area contributed by atoms with Crippen LogP contribution in [0, 0.1) is 0 Å². The van der Waals surface area contributed by atoms with Crippen LogP contribution in [0.4, 0.5) is 0 Å². The summed E-state index contributed by atoms with van der Waals surface area (Å²) < 4.78 is 10.7. The van der Waals surface area contributed by atoms with E-state index in [1.54, 1.807) is 4.90 Å². The third-order valence-corrected chi connectivity index (χ3v) is 4.01. The van der Waals surface area contributed by atoms with E-state index < -0.39 is 6.23 Å². The largest absolute Gasteiger partial charge is 0.454 e. The van der Waals surface area contributed by atoms with Crippen LogP contribution in [0.15, 0.2) is 30.4 Å². The van der Waals surface area contributed by atoms with E-state index >= 15 is 0 Å². The number of carbonyl (C=O) groups excluding carboxylic acids is 1. The van der Waals surface area contributed by atoms with Gasteiger partial charge < -0.3 is 19.5 Å². The Morgan fingerprint density at radius 2 is 2.05 bits per heavy atom. The zero-order valence-electron chi connectivity index (χ0n) is 10.2. The van der Waals surface area contributed by atoms with E-state index in [-0.39, 0.29) is 18.2 Å². The highest BCUT2D eigenvalue weighted by Gasteiger charge is 2.54. The molecule has 19 heavy (non-hydrogen) atoms. The van der Waals surface area contributed by atoms with Gasteiger partial charge in [-0.05, 0) is 36.6 Å². The van der Waals surface area contributed by atoms with Crippen LogP contribution in [0.5, 0.6) is 11.5 Å². The van der Waals surface area contributed by atoms with Crippen molar-refractivity contribution < 1.29 is 19.4 Å². The third-order valence-electron chi connectivity index (χ3n) is 4.01. The number of fused-ring (bicyclic) bond motifs is 1. The number of carbonyl (C=O) groups is 1. The van der Waals surface area contributed by atoms with E-state index in [1.807, 2.05) is 18.2 Å². The number of ether oxygens (including phenoxy) is 2. The summed E-state index contributed by atoms with van der Waals surface area (Å²) in [7, 11) is 0. The van der Waals surface area contributed by atoms with Gasteiger partial charge in [0.25, 0.3) is 0 Å². The van der Waals surface area contributed by atoms with Crippen LogP contribution in [0.25, 0.3) is 0 Å². The van der Waals surface area contributed by atoms with Crippen molar-refractivity contribution in [3.05, 3.63) is 35.9 Å². The van der Waals surface area contributed by atoms with Gasteiger partial charge in [0.2, 0.25) is 12.7 Å². The number of amides is 1. The zero-order chi connectivity index (χ0) is 13.0. The van der Waals surface area contributed by atoms with E-state index in [0.29, 0.717) is 5.75 Å². The molecule has 1 aromatic rings. The highest BCUT2D eigenvalue weighted by molar-refractivity contribution is 5.91. The van der Waals surface area contributed by atoms with Crippen LogP contribution >= 0.6 is 0 Å². The summed E-state index contributed by atoms with van der Waals surface area (Å²) in [5.74, 6) is 1.30. The molecular formula is C14H13NO4. The Kier molecular flexibility index (Phi) is 2.01. The van der Waals surface area contributed by atoms with Crippen LogP contribution < -0.4 is 9.47 Å². The lowest BCUT2D eigenvalue weighted by molar-refractivity contribution is -0.135. The highest BCUT2D eigenvalue weighted by Crippen LogP contribution is 2.54. The first kappa shape index (κ1) is 10.9. The molecule has 98 valence electrons. The maximum atomic E-state index is 11.9. The Labute approximate surface area is 110 Å². The molecule has 3 aliphatic rings. The fourth-order valence-electron chi connectivity index (χ4n) is 2.90. The fourth-order valence-corrected chi connectivity index (χ4v) is 2.90. The van der Waals surface area contributed by atoms with Crippen molar-refractivity contribution in [2.75, 3.05) is 6.79 Å². The first-order chi connectivity index (χ1) is 9.21. The summed E-state index contributed by atoms with van der Waals surface area (Å²) >= 11 is 0. The van der Waals surface area contributed by atoms with Crippen molar-refractivity contribution in [3.8, 4) is 11.5 Å². The van der Waals surface area contributed by atoms with Crippen molar-refractivity contribution in [2.24, 2.45) is 0 Å². The summed E-state index contributed by atoms with van der Waals surface area (Å²) in [5.41, 5.74) is 0.605. The first-order valence-electron chi connectivity index (χ1n) is 6.30. The number of rotatable bonds is 2. The van der Waals surface area contributed by atoms with Gasteiger partial charge in [-0.2, -0.15) is 0 Å². The predicted octanol–water partition coefficient (Wildman–Crippen LogP) is 1.12. The predicted molar refractivity (Wildman–Crippen MR) is 65.5 cm³/mol. The second kappa shape index (κ2) is 3.51. The molecule has 1 saturated carbocycles. The van der Waals surface area contributed by atoms with Gasteiger partial charge in [-0.15, -0.1) is 0 Å². The molecule has 0 spiro atoms. The molecule has 0 aromatic heterocycles. The van der Waals surface area contributed by atoms with Crippen LogP contribution in [0.3, 0.4) is 0 Å². The van der Waals surface area contributed by atoms with Crippen molar-refractivity contribution in [1.29, 1.82) is 0 Å². The molecule has 0 saturated heterocycles. The van der Waals surface area contributed by atoms with Crippen molar-refractivity contribution >= 4 is 5.91 Å². The standard InChI is InChI=1S/C14H13NO4/c16-12-3-4-13(17)15(12)14(5-6-14)9-1-2-10-11(7-9)19-8-18-10/h1-4,7,12,16H,5-6,8H2. The van der Waals surface area contributed by atoms with Gasteiger partial charge in [0.15, 0.2) is 11.5 Å². The number of aliphatic hydroxyl groups is 1. The summed E-state index contributed by atoms with van der Waals surface area (Å²) in [4.78, 5) is 13.4. The molecule has 1 atom stereocenters. The van der Waals surface area contributed by atoms with E-state index in [1.165, 1.54) is 12.2 Å². The Morgan fingerprint density at radius 1 is 1.26 bits per heavy atom. The van der Waals surface area contributed by atoms with Gasteiger partial charge in [0.05, 0.1) is 5.54 Å². The second-order valence-corrected chi connectivity index (χ2v) is 5.08. The van der Waals surface area contributed by atoms with Crippen molar-refractivity contribution in [3.63, 3.8) is 0 Å². The summed E-state index contributed by atoms with van der Waals surface area (Å²) in [5, 5.41) is 9.95. The molecule has 2 heterocycles. The molecule has 1 aliphatic carbocycles. The molecule has 1 N–H and O–H groups in total. The van der Waals surface area contributed by atoms with Crippen LogP contribution in [-0.4, -0.2) is 28.9 Å². The van der Waals surface area contributed by atoms with Gasteiger partial charge in [-0.25, -0.2) is 0 Å². The molecule has 1 amide bonds. The van der Waals surface area contributed by atoms with Gasteiger partial charge >= 0.3 is 0 Å². The van der Waals surface area contributed by atoms with Gasteiger partial charge in [0.1, 0.15) is 6.23 Å². The molecule has 1 fully saturated rings. The maximum Gasteiger partial charge on any atom is 0.249 e. The molecular weight excluding hydrogens is 246 g/mol. The normalized spacial score (nSPS) is 26.1. The van der Waals surface area contributed by atoms with Gasteiger partial charge in [-0.3, -0.25) is 4.79 Å². The van der Waals surface area contributed by atoms with Crippen molar-refractivity contribution in [2.45, 2.75) is 24.6 Å². The van der Waals surface area contributed by atoms with Crippen molar-refractivity contribution in [1.82, 2.24) is 4.90 Å². The average molecular weight is 259 g/mol. The summed E-state index contributed by atoms with van der Waals surface area (Å²) in [6.45, 7) is 0.235. The molecule has 2 aliphatic heterocycles. The zero-order valence-corrected chi connectivity index (χ0v) is 10.2. The number of aliphatic hydroxyl groups excluding tert-OH is 1. The highest BCUT2D eigenvalue weighted by atomic mass is 16.7. The van der Waals surface area contributed by atoms with Crippen LogP contribution in [0.2, 0.25) is 0 Å². The minimum atomic E-state index is -0.833. The lowest BCUT2D eigenvalue weighted by atomic mass is 10.0. The molecule has 5 nitrogen and oxygen atoms in total. The van der Waals surface area contributed by atoms with Gasteiger partial charge in [0, 0.05) is 6.08 Å². The number of hydrogen-bond donors (Lipinski definition) is 1. The summed E-state index contributed by atoms with van der Waals surface area (Å²) in [6.07, 6.45) is 3.84. The fraction of sp³-hybridized carbons (Fsp3) is 0.357. The summed E-state index contributed by atoms with van der Waals surface area (Å²) in [6, 6.07) is 5.71. The molecule has 4 rings (SSSR count). The van der Waals surface area contributed by atoms with E-state index in [0.717, 1.165) is 24.2 Å². The topological polar surface area (TPSA) is 59.0 Å². The lowest BCUT2D eigenvalue weighted by Gasteiger charge is -2.31. The number of benzene rings is 1. The van der Waals surface area contributed by atoms with E-state index in [9.17, 15) is 9.90 Å². The Hall–Kier alpha value is -2.01. The molecule has 1 unspecified atom stereocenters. The third kappa shape index (κ3) is 1.42. The monoisotopic (exact) mass is 259 g/mol. The Bertz CT molecular complexity index is 591. The van der Waals surface area contributed by atoms with Gasteiger partial charge in [-0.1, -0.05) is 6.07 Å². The molecule has 1 aromatic carbocycles. The lowest BCUT2D eigenvalue weighted by Crippen LogP contribution is -2.42. The van der Waals surface area contributed by atoms with Crippen LogP contribution in [0.1, 0.15) is 18.4 Å². The van der Waals surface area contributed by atoms with E-state index in [2.05, 4.69) is 0 Å². The molecule has 5 heteroatoms. The minimum absolute atomic E-state index is 0.136. The number of hydrogen-bond acceptors (Lipinski definition) is 4. The maximum absolute atomic E-state index is 11.9. The first-order valence-corrected chi connectivity index (χ1v) is 6.30. The Balaban J connectivity index is 1.74.